The molecule has 7 heteroatoms. The predicted octanol–water partition coefficient (Wildman–Crippen LogP) is 3.58. The van der Waals surface area contributed by atoms with E-state index >= 15 is 0 Å². The number of nitrogens with zero attached hydrogens (tertiary/aromatic N) is 1. The number of hydrazone groups is 1. The summed E-state index contributed by atoms with van der Waals surface area (Å²) in [5.41, 5.74) is 3.30. The van der Waals surface area contributed by atoms with Crippen LogP contribution in [0.4, 0.5) is 0 Å². The molecule has 23 heavy (non-hydrogen) atoms. The normalized spacial score (nSPS) is 11.2. The van der Waals surface area contributed by atoms with Gasteiger partial charge in [0.25, 0.3) is 5.91 Å². The smallest absolute Gasteiger partial charge is 0.272 e. The molecule has 0 bridgehead atoms. The van der Waals surface area contributed by atoms with Crippen LogP contribution < -0.4 is 10.9 Å². The summed E-state index contributed by atoms with van der Waals surface area (Å²) in [6, 6.07) is 6.57. The summed E-state index contributed by atoms with van der Waals surface area (Å²) in [5, 5.41) is 6.35. The predicted molar refractivity (Wildman–Crippen MR) is 91.6 cm³/mol. The molecule has 0 fully saturated rings. The van der Waals surface area contributed by atoms with E-state index in [4.69, 9.17) is 16.0 Å². The molecule has 1 amide bonds. The van der Waals surface area contributed by atoms with E-state index < -0.39 is 0 Å². The first-order valence-corrected chi connectivity index (χ1v) is 7.90. The van der Waals surface area contributed by atoms with Crippen LogP contribution in [0, 0.1) is 6.92 Å². The SMILES string of the molecule is Cc1cc(C(=O)N/N=C/c2coc3ccc(Cl)cc3c2=O)cs1. The molecule has 0 unspecified atom stereocenters. The fourth-order valence-corrected chi connectivity index (χ4v) is 2.85. The van der Waals surface area contributed by atoms with Gasteiger partial charge in [-0.2, -0.15) is 5.10 Å². The number of carbonyl (C=O) groups excluding carboxylic acids is 1. The second-order valence-corrected chi connectivity index (χ2v) is 6.36. The Morgan fingerprint density at radius 2 is 2.22 bits per heavy atom. The second kappa shape index (κ2) is 6.36. The summed E-state index contributed by atoms with van der Waals surface area (Å²) >= 11 is 7.37. The molecule has 0 aliphatic heterocycles. The van der Waals surface area contributed by atoms with Crippen LogP contribution in [0.3, 0.4) is 0 Å². The fourth-order valence-electron chi connectivity index (χ4n) is 1.99. The minimum absolute atomic E-state index is 0.224. The third kappa shape index (κ3) is 3.33. The van der Waals surface area contributed by atoms with E-state index in [1.165, 1.54) is 29.9 Å². The van der Waals surface area contributed by atoms with Crippen molar-refractivity contribution in [2.24, 2.45) is 5.10 Å². The molecule has 0 atom stereocenters. The van der Waals surface area contributed by atoms with Crippen molar-refractivity contribution in [1.29, 1.82) is 0 Å². The summed E-state index contributed by atoms with van der Waals surface area (Å²) < 4.78 is 5.36. The molecular weight excluding hydrogens is 336 g/mol. The Bertz CT molecular complexity index is 975. The van der Waals surface area contributed by atoms with Crippen LogP contribution in [0.15, 0.2) is 50.2 Å². The van der Waals surface area contributed by atoms with Gasteiger partial charge in [0.2, 0.25) is 5.43 Å². The molecule has 0 spiro atoms. The number of carbonyl (C=O) groups is 1. The molecule has 3 aromatic rings. The van der Waals surface area contributed by atoms with Crippen LogP contribution in [0.25, 0.3) is 11.0 Å². The zero-order valence-corrected chi connectivity index (χ0v) is 13.6. The van der Waals surface area contributed by atoms with Crippen LogP contribution in [-0.4, -0.2) is 12.1 Å². The van der Waals surface area contributed by atoms with Crippen LogP contribution in [0.1, 0.15) is 20.8 Å². The number of halogens is 1. The molecular formula is C16H11ClN2O3S. The van der Waals surface area contributed by atoms with Crippen molar-refractivity contribution in [3.05, 3.63) is 67.2 Å². The maximum atomic E-state index is 12.3. The van der Waals surface area contributed by atoms with Crippen LogP contribution in [0.2, 0.25) is 5.02 Å². The van der Waals surface area contributed by atoms with Crippen molar-refractivity contribution in [3.63, 3.8) is 0 Å². The third-order valence-corrected chi connectivity index (χ3v) is 4.22. The van der Waals surface area contributed by atoms with Gasteiger partial charge in [-0.3, -0.25) is 9.59 Å². The van der Waals surface area contributed by atoms with E-state index in [-0.39, 0.29) is 16.9 Å². The zero-order chi connectivity index (χ0) is 16.4. The number of hydrogen-bond donors (Lipinski definition) is 1. The molecule has 0 radical (unpaired) electrons. The van der Waals surface area contributed by atoms with E-state index in [9.17, 15) is 9.59 Å². The summed E-state index contributed by atoms with van der Waals surface area (Å²) in [5.74, 6) is -0.334. The molecule has 0 aliphatic carbocycles. The highest BCUT2D eigenvalue weighted by Gasteiger charge is 2.08. The van der Waals surface area contributed by atoms with E-state index in [0.29, 0.717) is 21.6 Å². The lowest BCUT2D eigenvalue weighted by atomic mass is 10.2. The van der Waals surface area contributed by atoms with Gasteiger partial charge in [-0.05, 0) is 31.2 Å². The van der Waals surface area contributed by atoms with Gasteiger partial charge in [0.1, 0.15) is 11.8 Å². The number of benzene rings is 1. The molecule has 2 aromatic heterocycles. The molecule has 0 saturated carbocycles. The highest BCUT2D eigenvalue weighted by atomic mass is 35.5. The van der Waals surface area contributed by atoms with Gasteiger partial charge >= 0.3 is 0 Å². The quantitative estimate of drug-likeness (QED) is 0.582. The minimum Gasteiger partial charge on any atom is -0.463 e. The standard InChI is InChI=1S/C16H11ClN2O3S/c1-9-4-10(8-23-9)16(21)19-18-6-11-7-22-14-3-2-12(17)5-13(14)15(11)20/h2-8H,1H3,(H,19,21)/b18-6+. The summed E-state index contributed by atoms with van der Waals surface area (Å²) in [6.07, 6.45) is 2.55. The molecule has 5 nitrogen and oxygen atoms in total. The maximum Gasteiger partial charge on any atom is 0.272 e. The van der Waals surface area contributed by atoms with Crippen molar-refractivity contribution in [1.82, 2.24) is 5.43 Å². The Morgan fingerprint density at radius 3 is 2.96 bits per heavy atom. The van der Waals surface area contributed by atoms with E-state index in [0.717, 1.165) is 4.88 Å². The lowest BCUT2D eigenvalue weighted by Crippen LogP contribution is -2.18. The highest BCUT2D eigenvalue weighted by Crippen LogP contribution is 2.16. The van der Waals surface area contributed by atoms with Crippen molar-refractivity contribution >= 4 is 46.0 Å². The van der Waals surface area contributed by atoms with Crippen LogP contribution >= 0.6 is 22.9 Å². The average Bonchev–Trinajstić information content (AvgIpc) is 2.96. The number of nitrogens with one attached hydrogen (secondary N) is 1. The third-order valence-electron chi connectivity index (χ3n) is 3.12. The monoisotopic (exact) mass is 346 g/mol. The lowest BCUT2D eigenvalue weighted by Gasteiger charge is -1.99. The molecule has 2 heterocycles. The number of thiophene rings is 1. The molecule has 0 saturated heterocycles. The van der Waals surface area contributed by atoms with Gasteiger partial charge in [0.15, 0.2) is 0 Å². The molecule has 1 N–H and O–H groups in total. The number of rotatable bonds is 3. The van der Waals surface area contributed by atoms with Gasteiger partial charge < -0.3 is 4.42 Å². The maximum absolute atomic E-state index is 12.3. The van der Waals surface area contributed by atoms with Crippen LogP contribution in [0.5, 0.6) is 0 Å². The van der Waals surface area contributed by atoms with Crippen LogP contribution in [-0.2, 0) is 0 Å². The van der Waals surface area contributed by atoms with E-state index in [1.54, 1.807) is 23.6 Å². The number of amides is 1. The van der Waals surface area contributed by atoms with E-state index in [1.807, 2.05) is 6.92 Å². The van der Waals surface area contributed by atoms with E-state index in [2.05, 4.69) is 10.5 Å². The van der Waals surface area contributed by atoms with Crippen molar-refractivity contribution in [3.8, 4) is 0 Å². The summed E-state index contributed by atoms with van der Waals surface area (Å²) in [6.45, 7) is 1.91. The summed E-state index contributed by atoms with van der Waals surface area (Å²) in [4.78, 5) is 25.2. The second-order valence-electron chi connectivity index (χ2n) is 4.81. The largest absolute Gasteiger partial charge is 0.463 e. The topological polar surface area (TPSA) is 71.7 Å². The van der Waals surface area contributed by atoms with Gasteiger partial charge in [0.05, 0.1) is 22.7 Å². The molecule has 1 aromatic carbocycles. The van der Waals surface area contributed by atoms with Crippen molar-refractivity contribution in [2.45, 2.75) is 6.92 Å². The fraction of sp³-hybridized carbons (Fsp3) is 0.0625. The Morgan fingerprint density at radius 1 is 1.39 bits per heavy atom. The minimum atomic E-state index is -0.334. The molecule has 3 rings (SSSR count). The number of fused-ring (bicyclic) bond motifs is 1. The van der Waals surface area contributed by atoms with Gasteiger partial charge in [-0.25, -0.2) is 5.43 Å². The Hall–Kier alpha value is -2.44. The highest BCUT2D eigenvalue weighted by molar-refractivity contribution is 7.10. The average molecular weight is 347 g/mol. The number of hydrogen-bond acceptors (Lipinski definition) is 5. The lowest BCUT2D eigenvalue weighted by molar-refractivity contribution is 0.0955. The molecule has 0 aliphatic rings. The van der Waals surface area contributed by atoms with Gasteiger partial charge in [-0.15, -0.1) is 11.3 Å². The first kappa shape index (κ1) is 15.5. The zero-order valence-electron chi connectivity index (χ0n) is 12.0. The molecule has 116 valence electrons. The Balaban J connectivity index is 1.82. The summed E-state index contributed by atoms with van der Waals surface area (Å²) in [7, 11) is 0. The van der Waals surface area contributed by atoms with Gasteiger partial charge in [0, 0.05) is 15.3 Å². The van der Waals surface area contributed by atoms with Gasteiger partial charge in [-0.1, -0.05) is 11.6 Å². The van der Waals surface area contributed by atoms with Crippen molar-refractivity contribution < 1.29 is 9.21 Å². The first-order chi connectivity index (χ1) is 11.0. The Kier molecular flexibility index (Phi) is 4.27. The number of aryl methyl sites for hydroxylation is 1. The Labute approximate surface area is 140 Å². The first-order valence-electron chi connectivity index (χ1n) is 6.64. The van der Waals surface area contributed by atoms with Crippen molar-refractivity contribution in [2.75, 3.05) is 0 Å².